The highest BCUT2D eigenvalue weighted by Crippen LogP contribution is 2.52. The zero-order chi connectivity index (χ0) is 26.5. The topological polar surface area (TPSA) is 76.6 Å². The van der Waals surface area contributed by atoms with Crippen LogP contribution in [0, 0.1) is 29.6 Å². The Balaban J connectivity index is 1.38. The van der Waals surface area contributed by atoms with E-state index in [2.05, 4.69) is 11.1 Å². The van der Waals surface area contributed by atoms with Gasteiger partial charge in [0.25, 0.3) is 0 Å². The summed E-state index contributed by atoms with van der Waals surface area (Å²) < 4.78 is 70.6. The number of halogens is 3. The monoisotopic (exact) mass is 534 g/mol. The Morgan fingerprint density at radius 1 is 1.16 bits per heavy atom. The van der Waals surface area contributed by atoms with Gasteiger partial charge in [-0.25, -0.2) is 12.7 Å². The number of pyridine rings is 1. The number of sulfonamides is 1. The van der Waals surface area contributed by atoms with E-state index in [0.717, 1.165) is 12.1 Å². The highest BCUT2D eigenvalue weighted by molar-refractivity contribution is 7.88. The van der Waals surface area contributed by atoms with Gasteiger partial charge in [-0.3, -0.25) is 9.78 Å². The summed E-state index contributed by atoms with van der Waals surface area (Å²) in [4.78, 5) is 17.0. The minimum atomic E-state index is -4.41. The molecular weight excluding hydrogens is 505 g/mol. The number of alkyl halides is 3. The molecule has 10 heteroatoms. The van der Waals surface area contributed by atoms with E-state index >= 15 is 0 Å². The molecule has 0 N–H and O–H groups in total. The van der Waals surface area contributed by atoms with Crippen molar-refractivity contribution in [3.05, 3.63) is 59.9 Å². The molecule has 1 aromatic heterocycles. The number of rotatable bonds is 4. The van der Waals surface area contributed by atoms with Crippen molar-refractivity contribution in [3.8, 4) is 11.1 Å². The van der Waals surface area contributed by atoms with Crippen LogP contribution >= 0.6 is 0 Å². The van der Waals surface area contributed by atoms with E-state index in [4.69, 9.17) is 4.74 Å². The van der Waals surface area contributed by atoms with E-state index in [1.165, 1.54) is 16.6 Å². The quantitative estimate of drug-likeness (QED) is 0.523. The van der Waals surface area contributed by atoms with Crippen molar-refractivity contribution < 1.29 is 31.1 Å². The number of allylic oxidation sites excluding steroid dienone is 1. The molecule has 3 fully saturated rings. The van der Waals surface area contributed by atoms with Crippen molar-refractivity contribution in [1.29, 1.82) is 0 Å². The van der Waals surface area contributed by atoms with Crippen LogP contribution in [0.3, 0.4) is 0 Å². The van der Waals surface area contributed by atoms with Gasteiger partial charge in [-0.05, 0) is 67.4 Å². The van der Waals surface area contributed by atoms with Crippen LogP contribution in [0.5, 0.6) is 0 Å². The molecule has 198 valence electrons. The maximum Gasteiger partial charge on any atom is 0.416 e. The van der Waals surface area contributed by atoms with Crippen LogP contribution < -0.4 is 0 Å². The molecule has 3 heterocycles. The van der Waals surface area contributed by atoms with E-state index in [1.807, 2.05) is 13.0 Å². The summed E-state index contributed by atoms with van der Waals surface area (Å²) in [5.41, 5.74) is 0.960. The molecule has 1 saturated carbocycles. The standard InChI is InChI=1S/C27H29F3N2O4S/c1-16-25-23(22-10-11-32(37(2,34)35)15-19(22)13-24(25)26(33)36-16)9-8-21-7-6-18(14-31-21)17-4-3-5-20(12-17)27(28,29)30/h3-9,12,14,16,19,22-25H,10-11,13,15H2,1-2H3/b9-8+/t16-,19?,22?,23?,24?,25?/m1/s1. The zero-order valence-electron chi connectivity index (χ0n) is 20.6. The van der Waals surface area contributed by atoms with Crippen LogP contribution in [0.15, 0.2) is 48.7 Å². The van der Waals surface area contributed by atoms with Gasteiger partial charge in [0, 0.05) is 30.8 Å². The molecule has 1 aromatic carbocycles. The van der Waals surface area contributed by atoms with Crippen LogP contribution in [0.2, 0.25) is 0 Å². The second-order valence-corrected chi connectivity index (χ2v) is 12.4. The number of aromatic nitrogens is 1. The molecule has 0 spiro atoms. The number of fused-ring (bicyclic) bond motifs is 2. The Morgan fingerprint density at radius 2 is 1.95 bits per heavy atom. The molecule has 0 bridgehead atoms. The Hall–Kier alpha value is -2.72. The number of nitrogens with zero attached hydrogens (tertiary/aromatic N) is 2. The van der Waals surface area contributed by atoms with E-state index < -0.39 is 21.8 Å². The van der Waals surface area contributed by atoms with Gasteiger partial charge in [0.15, 0.2) is 0 Å². The molecule has 2 aliphatic heterocycles. The lowest BCUT2D eigenvalue weighted by Crippen LogP contribution is -2.51. The van der Waals surface area contributed by atoms with Crippen LogP contribution in [-0.2, 0) is 25.7 Å². The summed E-state index contributed by atoms with van der Waals surface area (Å²) in [7, 11) is -3.31. The fourth-order valence-corrected chi connectivity index (χ4v) is 7.28. The summed E-state index contributed by atoms with van der Waals surface area (Å²) in [6.07, 6.45) is 3.42. The highest BCUT2D eigenvalue weighted by atomic mass is 32.2. The van der Waals surface area contributed by atoms with Gasteiger partial charge >= 0.3 is 12.1 Å². The number of cyclic esters (lactones) is 1. The van der Waals surface area contributed by atoms with Crippen LogP contribution in [0.1, 0.15) is 31.0 Å². The van der Waals surface area contributed by atoms with E-state index in [1.54, 1.807) is 24.4 Å². The van der Waals surface area contributed by atoms with E-state index in [0.29, 0.717) is 42.8 Å². The molecule has 2 aromatic rings. The Labute approximate surface area is 214 Å². The van der Waals surface area contributed by atoms with Crippen molar-refractivity contribution in [1.82, 2.24) is 9.29 Å². The lowest BCUT2D eigenvalue weighted by Gasteiger charge is -2.47. The highest BCUT2D eigenvalue weighted by Gasteiger charge is 2.54. The van der Waals surface area contributed by atoms with Gasteiger partial charge in [-0.2, -0.15) is 13.2 Å². The summed E-state index contributed by atoms with van der Waals surface area (Å²) in [5.74, 6) is -0.155. The molecule has 37 heavy (non-hydrogen) atoms. The Kier molecular flexibility index (Phi) is 6.68. The maximum atomic E-state index is 13.1. The first-order valence-corrected chi connectivity index (χ1v) is 14.2. The minimum Gasteiger partial charge on any atom is -0.462 e. The van der Waals surface area contributed by atoms with Crippen molar-refractivity contribution in [2.75, 3.05) is 19.3 Å². The fourth-order valence-electron chi connectivity index (χ4n) is 6.38. The average molecular weight is 535 g/mol. The smallest absolute Gasteiger partial charge is 0.416 e. The maximum absolute atomic E-state index is 13.1. The van der Waals surface area contributed by atoms with Gasteiger partial charge in [-0.1, -0.05) is 24.3 Å². The molecule has 0 radical (unpaired) electrons. The predicted octanol–water partition coefficient (Wildman–Crippen LogP) is 4.88. The summed E-state index contributed by atoms with van der Waals surface area (Å²) in [6.45, 7) is 2.77. The number of carbonyl (C=O) groups excluding carboxylic acids is 1. The summed E-state index contributed by atoms with van der Waals surface area (Å²) in [6, 6.07) is 8.64. The molecule has 3 aliphatic rings. The SMILES string of the molecule is C[C@H]1OC(=O)C2CC3CN(S(C)(=O)=O)CCC3C(/C=C/c3ccc(-c4cccc(C(F)(F)F)c4)cn3)C21. The number of benzene rings is 1. The lowest BCUT2D eigenvalue weighted by atomic mass is 9.59. The number of hydrogen-bond donors (Lipinski definition) is 0. The fraction of sp³-hybridized carbons (Fsp3) is 0.481. The van der Waals surface area contributed by atoms with E-state index in [-0.39, 0.29) is 41.7 Å². The molecule has 0 amide bonds. The molecule has 6 atom stereocenters. The first-order chi connectivity index (χ1) is 17.4. The minimum absolute atomic E-state index is 0.0131. The first-order valence-electron chi connectivity index (χ1n) is 12.4. The van der Waals surface area contributed by atoms with Crippen LogP contribution in [0.25, 0.3) is 17.2 Å². The first kappa shape index (κ1) is 25.9. The largest absolute Gasteiger partial charge is 0.462 e. The lowest BCUT2D eigenvalue weighted by molar-refractivity contribution is -0.144. The second-order valence-electron chi connectivity index (χ2n) is 10.4. The number of hydrogen-bond acceptors (Lipinski definition) is 5. The Bertz CT molecular complexity index is 1310. The summed E-state index contributed by atoms with van der Waals surface area (Å²) in [5, 5.41) is 0. The van der Waals surface area contributed by atoms with Crippen molar-refractivity contribution in [3.63, 3.8) is 0 Å². The predicted molar refractivity (Wildman–Crippen MR) is 132 cm³/mol. The third kappa shape index (κ3) is 5.18. The molecule has 5 unspecified atom stereocenters. The van der Waals surface area contributed by atoms with Gasteiger partial charge in [-0.15, -0.1) is 0 Å². The van der Waals surface area contributed by atoms with E-state index in [9.17, 15) is 26.4 Å². The van der Waals surface area contributed by atoms with Gasteiger partial charge in [0.1, 0.15) is 6.10 Å². The summed E-state index contributed by atoms with van der Waals surface area (Å²) >= 11 is 0. The van der Waals surface area contributed by atoms with Crippen molar-refractivity contribution in [2.45, 2.75) is 32.0 Å². The third-order valence-electron chi connectivity index (χ3n) is 8.13. The third-order valence-corrected chi connectivity index (χ3v) is 9.40. The van der Waals surface area contributed by atoms with Crippen molar-refractivity contribution >= 4 is 22.1 Å². The van der Waals surface area contributed by atoms with Crippen molar-refractivity contribution in [2.24, 2.45) is 29.6 Å². The second kappa shape index (κ2) is 9.54. The van der Waals surface area contributed by atoms with Crippen LogP contribution in [0.4, 0.5) is 13.2 Å². The average Bonchev–Trinajstić information content (AvgIpc) is 3.13. The number of piperidine rings is 1. The Morgan fingerprint density at radius 3 is 2.62 bits per heavy atom. The number of carbonyl (C=O) groups is 1. The van der Waals surface area contributed by atoms with Gasteiger partial charge in [0.05, 0.1) is 23.4 Å². The van der Waals surface area contributed by atoms with Gasteiger partial charge in [0.2, 0.25) is 10.0 Å². The number of esters is 1. The molecule has 5 rings (SSSR count). The normalized spacial score (nSPS) is 30.7. The molecule has 6 nitrogen and oxygen atoms in total. The molecule has 1 aliphatic carbocycles. The number of ether oxygens (including phenoxy) is 1. The van der Waals surface area contributed by atoms with Gasteiger partial charge < -0.3 is 4.74 Å². The molecule has 2 saturated heterocycles. The molecular formula is C27H29F3N2O4S. The zero-order valence-corrected chi connectivity index (χ0v) is 21.4. The van der Waals surface area contributed by atoms with Crippen LogP contribution in [-0.4, -0.2) is 49.1 Å².